The zero-order valence-corrected chi connectivity index (χ0v) is 12.3. The van der Waals surface area contributed by atoms with Crippen LogP contribution in [0.15, 0.2) is 53.5 Å². The van der Waals surface area contributed by atoms with E-state index in [-0.39, 0.29) is 17.9 Å². The molecular formula is C16H13F3N2O3. The molecule has 8 heteroatoms. The second-order valence-corrected chi connectivity index (χ2v) is 4.80. The van der Waals surface area contributed by atoms with Crippen LogP contribution in [0.4, 0.5) is 18.9 Å². The number of rotatable bonds is 5. The van der Waals surface area contributed by atoms with Gasteiger partial charge in [-0.15, -0.1) is 0 Å². The summed E-state index contributed by atoms with van der Waals surface area (Å²) in [6.45, 7) is 3.14. The van der Waals surface area contributed by atoms with Crippen molar-refractivity contribution >= 4 is 17.5 Å². The lowest BCUT2D eigenvalue weighted by Gasteiger charge is -2.20. The number of hydrogen-bond acceptors (Lipinski definition) is 3. The lowest BCUT2D eigenvalue weighted by atomic mass is 10.2. The largest absolute Gasteiger partial charge is 0.455 e. The third-order valence-electron chi connectivity index (χ3n) is 3.16. The molecule has 0 radical (unpaired) electrons. The zero-order valence-electron chi connectivity index (χ0n) is 12.3. The number of carbonyl (C=O) groups excluding carboxylic acids is 2. The minimum Gasteiger partial charge on any atom is -0.455 e. The van der Waals surface area contributed by atoms with Crippen molar-refractivity contribution in [2.24, 2.45) is 5.73 Å². The molecule has 0 saturated heterocycles. The molecule has 0 spiro atoms. The minimum absolute atomic E-state index is 0.0449. The van der Waals surface area contributed by atoms with Crippen LogP contribution >= 0.6 is 0 Å². The molecule has 1 heterocycles. The third-order valence-corrected chi connectivity index (χ3v) is 3.16. The van der Waals surface area contributed by atoms with Crippen LogP contribution in [-0.4, -0.2) is 11.8 Å². The van der Waals surface area contributed by atoms with Crippen LogP contribution in [0, 0.1) is 0 Å². The lowest BCUT2D eigenvalue weighted by Crippen LogP contribution is -2.28. The summed E-state index contributed by atoms with van der Waals surface area (Å²) in [5, 5.41) is 0. The fourth-order valence-corrected chi connectivity index (χ4v) is 1.98. The molecule has 1 aromatic heterocycles. The van der Waals surface area contributed by atoms with E-state index in [1.807, 2.05) is 0 Å². The highest BCUT2D eigenvalue weighted by atomic mass is 19.4. The number of halogens is 3. The summed E-state index contributed by atoms with van der Waals surface area (Å²) < 4.78 is 42.4. The number of carbonyl (C=O) groups is 2. The number of nitrogens with two attached hydrogens (primary N) is 1. The van der Waals surface area contributed by atoms with E-state index < -0.39 is 23.8 Å². The van der Waals surface area contributed by atoms with E-state index in [1.54, 1.807) is 0 Å². The molecular weight excluding hydrogens is 325 g/mol. The van der Waals surface area contributed by atoms with Crippen LogP contribution in [-0.2, 0) is 17.5 Å². The van der Waals surface area contributed by atoms with E-state index in [1.165, 1.54) is 24.3 Å². The first kappa shape index (κ1) is 17.3. The van der Waals surface area contributed by atoms with E-state index in [9.17, 15) is 22.8 Å². The second-order valence-electron chi connectivity index (χ2n) is 4.80. The summed E-state index contributed by atoms with van der Waals surface area (Å²) in [6, 6.07) is 7.66. The molecule has 0 bridgehead atoms. The van der Waals surface area contributed by atoms with Gasteiger partial charge in [0.05, 0.1) is 6.54 Å². The number of amides is 2. The summed E-state index contributed by atoms with van der Waals surface area (Å²) in [6.07, 6.45) is -3.58. The lowest BCUT2D eigenvalue weighted by molar-refractivity contribution is -0.153. The summed E-state index contributed by atoms with van der Waals surface area (Å²) in [7, 11) is 0. The van der Waals surface area contributed by atoms with Crippen molar-refractivity contribution in [1.82, 2.24) is 0 Å². The average molecular weight is 338 g/mol. The Kier molecular flexibility index (Phi) is 4.77. The van der Waals surface area contributed by atoms with Gasteiger partial charge in [0.2, 0.25) is 11.7 Å². The normalized spacial score (nSPS) is 11.1. The second kappa shape index (κ2) is 6.61. The van der Waals surface area contributed by atoms with E-state index in [2.05, 4.69) is 6.58 Å². The van der Waals surface area contributed by atoms with Gasteiger partial charge >= 0.3 is 6.18 Å². The van der Waals surface area contributed by atoms with Crippen LogP contribution in [0.2, 0.25) is 0 Å². The Hall–Kier alpha value is -3.03. The average Bonchev–Trinajstić information content (AvgIpc) is 3.01. The van der Waals surface area contributed by atoms with Gasteiger partial charge in [0.25, 0.3) is 5.91 Å². The smallest absolute Gasteiger partial charge is 0.449 e. The van der Waals surface area contributed by atoms with E-state index >= 15 is 0 Å². The van der Waals surface area contributed by atoms with Crippen LogP contribution in [0.1, 0.15) is 21.9 Å². The summed E-state index contributed by atoms with van der Waals surface area (Å²) in [4.78, 5) is 24.2. The van der Waals surface area contributed by atoms with Gasteiger partial charge < -0.3 is 15.1 Å². The quantitative estimate of drug-likeness (QED) is 0.851. The third kappa shape index (κ3) is 3.83. The van der Waals surface area contributed by atoms with Crippen molar-refractivity contribution < 1.29 is 27.2 Å². The molecule has 2 rings (SSSR count). The molecule has 0 aliphatic rings. The SMILES string of the molecule is C=CC(=O)N(Cc1ccc(C(F)(F)F)o1)c1ccc(C(N)=O)cc1. The molecule has 1 aromatic carbocycles. The maximum atomic E-state index is 12.6. The first-order valence-corrected chi connectivity index (χ1v) is 6.72. The molecule has 2 amide bonds. The Balaban J connectivity index is 2.29. The summed E-state index contributed by atoms with van der Waals surface area (Å²) in [5.41, 5.74) is 5.73. The fraction of sp³-hybridized carbons (Fsp3) is 0.125. The molecule has 2 aromatic rings. The van der Waals surface area contributed by atoms with Gasteiger partial charge in [0.1, 0.15) is 5.76 Å². The first-order valence-electron chi connectivity index (χ1n) is 6.72. The predicted molar refractivity (Wildman–Crippen MR) is 80.1 cm³/mol. The highest BCUT2D eigenvalue weighted by molar-refractivity contribution is 6.01. The Morgan fingerprint density at radius 3 is 2.25 bits per heavy atom. The van der Waals surface area contributed by atoms with Gasteiger partial charge in [0.15, 0.2) is 0 Å². The van der Waals surface area contributed by atoms with Crippen molar-refractivity contribution in [3.05, 3.63) is 66.1 Å². The monoisotopic (exact) mass is 338 g/mol. The number of hydrogen-bond donors (Lipinski definition) is 1. The predicted octanol–water partition coefficient (Wildman–Crippen LogP) is 3.12. The van der Waals surface area contributed by atoms with Crippen molar-refractivity contribution in [3.8, 4) is 0 Å². The molecule has 24 heavy (non-hydrogen) atoms. The van der Waals surface area contributed by atoms with Gasteiger partial charge in [-0.1, -0.05) is 6.58 Å². The maximum Gasteiger partial charge on any atom is 0.449 e. The molecule has 5 nitrogen and oxygen atoms in total. The van der Waals surface area contributed by atoms with Crippen molar-refractivity contribution in [3.63, 3.8) is 0 Å². The molecule has 0 unspecified atom stereocenters. The van der Waals surface area contributed by atoms with Gasteiger partial charge in [-0.2, -0.15) is 13.2 Å². The summed E-state index contributed by atoms with van der Waals surface area (Å²) >= 11 is 0. The maximum absolute atomic E-state index is 12.6. The molecule has 0 aliphatic carbocycles. The number of primary amides is 1. The van der Waals surface area contributed by atoms with Gasteiger partial charge in [-0.25, -0.2) is 0 Å². The highest BCUT2D eigenvalue weighted by Gasteiger charge is 2.35. The van der Waals surface area contributed by atoms with E-state index in [0.29, 0.717) is 5.69 Å². The van der Waals surface area contributed by atoms with Gasteiger partial charge in [-0.05, 0) is 42.5 Å². The fourth-order valence-electron chi connectivity index (χ4n) is 1.98. The number of anilines is 1. The first-order chi connectivity index (χ1) is 11.2. The highest BCUT2D eigenvalue weighted by Crippen LogP contribution is 2.31. The Morgan fingerprint density at radius 1 is 1.17 bits per heavy atom. The van der Waals surface area contributed by atoms with E-state index in [4.69, 9.17) is 10.2 Å². The summed E-state index contributed by atoms with van der Waals surface area (Å²) in [5.74, 6) is -2.36. The van der Waals surface area contributed by atoms with Crippen molar-refractivity contribution in [2.45, 2.75) is 12.7 Å². The number of furan rings is 1. The number of benzene rings is 1. The molecule has 126 valence electrons. The molecule has 0 saturated carbocycles. The van der Waals surface area contributed by atoms with Crippen molar-refractivity contribution in [2.75, 3.05) is 4.90 Å². The van der Waals surface area contributed by atoms with Gasteiger partial charge in [0, 0.05) is 11.3 Å². The number of alkyl halides is 3. The van der Waals surface area contributed by atoms with Gasteiger partial charge in [-0.3, -0.25) is 9.59 Å². The molecule has 0 aliphatic heterocycles. The molecule has 0 atom stereocenters. The van der Waals surface area contributed by atoms with Crippen LogP contribution in [0.25, 0.3) is 0 Å². The van der Waals surface area contributed by atoms with E-state index in [0.717, 1.165) is 23.1 Å². The molecule has 2 N–H and O–H groups in total. The van der Waals surface area contributed by atoms with Crippen LogP contribution < -0.4 is 10.6 Å². The van der Waals surface area contributed by atoms with Crippen LogP contribution in [0.3, 0.4) is 0 Å². The topological polar surface area (TPSA) is 76.5 Å². The Labute approximate surface area is 135 Å². The minimum atomic E-state index is -4.60. The van der Waals surface area contributed by atoms with Crippen molar-refractivity contribution in [1.29, 1.82) is 0 Å². The Bertz CT molecular complexity index is 764. The standard InChI is InChI=1S/C16H13F3N2O3/c1-2-14(22)21(11-5-3-10(4-6-11)15(20)23)9-12-7-8-13(24-12)16(17,18)19/h2-8H,1,9H2,(H2,20,23). The Morgan fingerprint density at radius 2 is 1.79 bits per heavy atom. The zero-order chi connectivity index (χ0) is 17.9. The van der Waals surface area contributed by atoms with Crippen LogP contribution in [0.5, 0.6) is 0 Å². The number of nitrogens with zero attached hydrogens (tertiary/aromatic N) is 1. The molecule has 0 fully saturated rings.